The Kier molecular flexibility index (Phi) is 10.6. The Hall–Kier alpha value is -0.570. The fourth-order valence-corrected chi connectivity index (χ4v) is 3.51. The molecule has 0 aromatic carbocycles. The maximum absolute atomic E-state index is 12.5. The summed E-state index contributed by atoms with van der Waals surface area (Å²) >= 11 is 0. The standard InChI is InChI=1S/C19H38N2O/c1-4-6-7-8-9-10-11-14-18(3)21(5-2)19(22)17-20-15-12-13-16-20/h18H,4-17H2,1-3H3. The minimum atomic E-state index is 0.333. The van der Waals surface area contributed by atoms with Crippen molar-refractivity contribution in [3.8, 4) is 0 Å². The first-order valence-electron chi connectivity index (χ1n) is 9.70. The molecule has 0 bridgehead atoms. The van der Waals surface area contributed by atoms with Gasteiger partial charge in [-0.05, 0) is 46.2 Å². The average Bonchev–Trinajstić information content (AvgIpc) is 3.00. The first-order chi connectivity index (χ1) is 10.7. The summed E-state index contributed by atoms with van der Waals surface area (Å²) < 4.78 is 0. The number of hydrogen-bond donors (Lipinski definition) is 0. The van der Waals surface area contributed by atoms with Crippen LogP contribution in [0.4, 0.5) is 0 Å². The fraction of sp³-hybridized carbons (Fsp3) is 0.947. The van der Waals surface area contributed by atoms with Crippen molar-refractivity contribution < 1.29 is 4.79 Å². The van der Waals surface area contributed by atoms with E-state index in [9.17, 15) is 4.79 Å². The van der Waals surface area contributed by atoms with Crippen molar-refractivity contribution in [2.24, 2.45) is 0 Å². The van der Waals surface area contributed by atoms with Crippen LogP contribution in [0.1, 0.15) is 85.0 Å². The smallest absolute Gasteiger partial charge is 0.236 e. The van der Waals surface area contributed by atoms with E-state index in [0.29, 0.717) is 18.5 Å². The summed E-state index contributed by atoms with van der Waals surface area (Å²) in [6.45, 7) is 10.3. The molecule has 0 N–H and O–H groups in total. The average molecular weight is 311 g/mol. The van der Waals surface area contributed by atoms with Crippen molar-refractivity contribution in [3.05, 3.63) is 0 Å². The Labute approximate surface area is 138 Å². The van der Waals surface area contributed by atoms with E-state index in [2.05, 4.69) is 30.6 Å². The van der Waals surface area contributed by atoms with Crippen LogP contribution in [0.25, 0.3) is 0 Å². The SMILES string of the molecule is CCCCCCCCCC(C)N(CC)C(=O)CN1CCCC1. The van der Waals surface area contributed by atoms with Crippen molar-refractivity contribution in [2.45, 2.75) is 91.0 Å². The summed E-state index contributed by atoms with van der Waals surface area (Å²) in [6, 6.07) is 0.399. The highest BCUT2D eigenvalue weighted by Gasteiger charge is 2.22. The van der Waals surface area contributed by atoms with E-state index in [1.807, 2.05) is 0 Å². The van der Waals surface area contributed by atoms with E-state index in [4.69, 9.17) is 0 Å². The lowest BCUT2D eigenvalue weighted by Crippen LogP contribution is -2.44. The molecule has 0 radical (unpaired) electrons. The lowest BCUT2D eigenvalue weighted by molar-refractivity contribution is -0.134. The zero-order valence-corrected chi connectivity index (χ0v) is 15.3. The molecule has 1 amide bonds. The number of likely N-dealkylation sites (tertiary alicyclic amines) is 1. The van der Waals surface area contributed by atoms with Crippen molar-refractivity contribution >= 4 is 5.91 Å². The molecular formula is C19H38N2O. The van der Waals surface area contributed by atoms with Crippen molar-refractivity contribution in [2.75, 3.05) is 26.2 Å². The van der Waals surface area contributed by atoms with Gasteiger partial charge in [0.05, 0.1) is 6.54 Å². The zero-order chi connectivity index (χ0) is 16.2. The molecule has 1 aliphatic rings. The van der Waals surface area contributed by atoms with Crippen molar-refractivity contribution in [3.63, 3.8) is 0 Å². The number of hydrogen-bond acceptors (Lipinski definition) is 2. The molecule has 3 heteroatoms. The lowest BCUT2D eigenvalue weighted by atomic mass is 10.0. The van der Waals surface area contributed by atoms with Gasteiger partial charge in [-0.2, -0.15) is 0 Å². The first kappa shape index (κ1) is 19.5. The Morgan fingerprint density at radius 1 is 1.00 bits per heavy atom. The van der Waals surface area contributed by atoms with Crippen LogP contribution >= 0.6 is 0 Å². The van der Waals surface area contributed by atoms with E-state index < -0.39 is 0 Å². The fourth-order valence-electron chi connectivity index (χ4n) is 3.51. The second kappa shape index (κ2) is 11.9. The summed E-state index contributed by atoms with van der Waals surface area (Å²) in [4.78, 5) is 16.9. The summed E-state index contributed by atoms with van der Waals surface area (Å²) in [5.74, 6) is 0.333. The second-order valence-corrected chi connectivity index (χ2v) is 6.92. The van der Waals surface area contributed by atoms with E-state index in [1.165, 1.54) is 57.8 Å². The molecule has 0 aromatic rings. The maximum atomic E-state index is 12.5. The molecule has 0 aromatic heterocycles. The van der Waals surface area contributed by atoms with Gasteiger partial charge < -0.3 is 4.90 Å². The Balaban J connectivity index is 2.16. The van der Waals surface area contributed by atoms with Gasteiger partial charge in [-0.15, -0.1) is 0 Å². The van der Waals surface area contributed by atoms with Crippen LogP contribution in [0.5, 0.6) is 0 Å². The highest BCUT2D eigenvalue weighted by atomic mass is 16.2. The maximum Gasteiger partial charge on any atom is 0.236 e. The molecule has 0 saturated carbocycles. The van der Waals surface area contributed by atoms with E-state index in [-0.39, 0.29) is 0 Å². The lowest BCUT2D eigenvalue weighted by Gasteiger charge is -2.30. The Bertz CT molecular complexity index is 287. The highest BCUT2D eigenvalue weighted by molar-refractivity contribution is 5.78. The molecule has 1 atom stereocenters. The van der Waals surface area contributed by atoms with Crippen LogP contribution in [0, 0.1) is 0 Å². The molecule has 1 aliphatic heterocycles. The van der Waals surface area contributed by atoms with Crippen LogP contribution in [0.15, 0.2) is 0 Å². The predicted molar refractivity (Wildman–Crippen MR) is 95.1 cm³/mol. The van der Waals surface area contributed by atoms with Crippen LogP contribution in [-0.2, 0) is 4.79 Å². The second-order valence-electron chi connectivity index (χ2n) is 6.92. The molecule has 3 nitrogen and oxygen atoms in total. The molecule has 0 aliphatic carbocycles. The van der Waals surface area contributed by atoms with Gasteiger partial charge in [0, 0.05) is 12.6 Å². The Morgan fingerprint density at radius 2 is 1.59 bits per heavy atom. The number of carbonyl (C=O) groups is 1. The van der Waals surface area contributed by atoms with Crippen LogP contribution in [-0.4, -0.2) is 47.9 Å². The molecule has 1 saturated heterocycles. The van der Waals surface area contributed by atoms with Gasteiger partial charge >= 0.3 is 0 Å². The van der Waals surface area contributed by atoms with Gasteiger partial charge in [0.15, 0.2) is 0 Å². The summed E-state index contributed by atoms with van der Waals surface area (Å²) in [7, 11) is 0. The summed E-state index contributed by atoms with van der Waals surface area (Å²) in [6.07, 6.45) is 13.1. The van der Waals surface area contributed by atoms with Crippen LogP contribution < -0.4 is 0 Å². The third-order valence-corrected chi connectivity index (χ3v) is 4.98. The highest BCUT2D eigenvalue weighted by Crippen LogP contribution is 2.14. The summed E-state index contributed by atoms with van der Waals surface area (Å²) in [5.41, 5.74) is 0. The number of nitrogens with zero attached hydrogens (tertiary/aromatic N) is 2. The minimum absolute atomic E-state index is 0.333. The molecule has 1 heterocycles. The van der Waals surface area contributed by atoms with Gasteiger partial charge in [0.25, 0.3) is 0 Å². The van der Waals surface area contributed by atoms with E-state index >= 15 is 0 Å². The minimum Gasteiger partial charge on any atom is -0.339 e. The van der Waals surface area contributed by atoms with Gasteiger partial charge in [0.2, 0.25) is 5.91 Å². The number of likely N-dealkylation sites (N-methyl/N-ethyl adjacent to an activating group) is 1. The topological polar surface area (TPSA) is 23.6 Å². The molecule has 1 rings (SSSR count). The predicted octanol–water partition coefficient (Wildman–Crippen LogP) is 4.46. The molecule has 0 spiro atoms. The third kappa shape index (κ3) is 7.62. The number of carbonyl (C=O) groups excluding carboxylic acids is 1. The van der Waals surface area contributed by atoms with Gasteiger partial charge in [-0.3, -0.25) is 9.69 Å². The molecular weight excluding hydrogens is 272 g/mol. The van der Waals surface area contributed by atoms with Crippen LogP contribution in [0.3, 0.4) is 0 Å². The van der Waals surface area contributed by atoms with E-state index in [1.54, 1.807) is 0 Å². The van der Waals surface area contributed by atoms with Crippen molar-refractivity contribution in [1.82, 2.24) is 9.80 Å². The quantitative estimate of drug-likeness (QED) is 0.497. The third-order valence-electron chi connectivity index (χ3n) is 4.98. The van der Waals surface area contributed by atoms with E-state index in [0.717, 1.165) is 26.1 Å². The largest absolute Gasteiger partial charge is 0.339 e. The Morgan fingerprint density at radius 3 is 2.18 bits per heavy atom. The van der Waals surface area contributed by atoms with Gasteiger partial charge in [-0.1, -0.05) is 51.9 Å². The first-order valence-corrected chi connectivity index (χ1v) is 9.70. The number of amides is 1. The molecule has 1 fully saturated rings. The summed E-state index contributed by atoms with van der Waals surface area (Å²) in [5, 5.41) is 0. The number of unbranched alkanes of at least 4 members (excludes halogenated alkanes) is 6. The van der Waals surface area contributed by atoms with Gasteiger partial charge in [0.1, 0.15) is 0 Å². The van der Waals surface area contributed by atoms with Crippen molar-refractivity contribution in [1.29, 1.82) is 0 Å². The molecule has 1 unspecified atom stereocenters. The van der Waals surface area contributed by atoms with Crippen LogP contribution in [0.2, 0.25) is 0 Å². The molecule has 22 heavy (non-hydrogen) atoms. The molecule has 130 valence electrons. The monoisotopic (exact) mass is 310 g/mol. The normalized spacial score (nSPS) is 16.9. The number of rotatable bonds is 12. The van der Waals surface area contributed by atoms with Gasteiger partial charge in [-0.25, -0.2) is 0 Å². The zero-order valence-electron chi connectivity index (χ0n) is 15.3.